The predicted octanol–water partition coefficient (Wildman–Crippen LogP) is 3.69. The summed E-state index contributed by atoms with van der Waals surface area (Å²) in [6.45, 7) is 7.93. The molecular formula is C20H26N2O4. The van der Waals surface area contributed by atoms with Crippen molar-refractivity contribution in [1.29, 1.82) is 0 Å². The molecule has 2 rings (SSSR count). The quantitative estimate of drug-likeness (QED) is 0.729. The van der Waals surface area contributed by atoms with Crippen LogP contribution in [0.5, 0.6) is 0 Å². The van der Waals surface area contributed by atoms with Crippen molar-refractivity contribution in [3.05, 3.63) is 54.0 Å². The smallest absolute Gasteiger partial charge is 0.340 e. The number of benzene rings is 1. The second-order valence-electron chi connectivity index (χ2n) is 6.54. The molecule has 0 aliphatic carbocycles. The van der Waals surface area contributed by atoms with Gasteiger partial charge >= 0.3 is 5.97 Å². The second-order valence-corrected chi connectivity index (χ2v) is 6.54. The number of furan rings is 1. The highest BCUT2D eigenvalue weighted by Crippen LogP contribution is 2.18. The SMILES string of the molecule is CC(C)N(C(=O)COC(=O)c1ccccc1NCc1ccco1)C(C)C. The summed E-state index contributed by atoms with van der Waals surface area (Å²) in [7, 11) is 0. The van der Waals surface area contributed by atoms with E-state index in [9.17, 15) is 9.59 Å². The normalized spacial score (nSPS) is 10.8. The van der Waals surface area contributed by atoms with Gasteiger partial charge in [-0.15, -0.1) is 0 Å². The number of ether oxygens (including phenoxy) is 1. The molecule has 0 fully saturated rings. The molecule has 0 saturated carbocycles. The topological polar surface area (TPSA) is 71.8 Å². The fourth-order valence-corrected chi connectivity index (χ4v) is 2.86. The van der Waals surface area contributed by atoms with E-state index in [2.05, 4.69) is 5.32 Å². The van der Waals surface area contributed by atoms with Crippen molar-refractivity contribution in [3.8, 4) is 0 Å². The molecule has 0 atom stereocenters. The average molecular weight is 358 g/mol. The maximum absolute atomic E-state index is 12.4. The molecule has 2 aromatic rings. The van der Waals surface area contributed by atoms with E-state index in [1.54, 1.807) is 35.4 Å². The first-order chi connectivity index (χ1) is 12.4. The van der Waals surface area contributed by atoms with Crippen LogP contribution in [0.1, 0.15) is 43.8 Å². The molecule has 0 aliphatic rings. The Kier molecular flexibility index (Phi) is 6.83. The van der Waals surface area contributed by atoms with Gasteiger partial charge in [-0.25, -0.2) is 4.79 Å². The third-order valence-corrected chi connectivity index (χ3v) is 3.91. The average Bonchev–Trinajstić information content (AvgIpc) is 3.11. The van der Waals surface area contributed by atoms with Crippen molar-refractivity contribution >= 4 is 17.6 Å². The molecule has 1 N–H and O–H groups in total. The number of hydrogen-bond acceptors (Lipinski definition) is 5. The highest BCUT2D eigenvalue weighted by Gasteiger charge is 2.22. The Bertz CT molecular complexity index is 715. The molecular weight excluding hydrogens is 332 g/mol. The largest absolute Gasteiger partial charge is 0.467 e. The fraction of sp³-hybridized carbons (Fsp3) is 0.400. The Hall–Kier alpha value is -2.76. The molecule has 0 bridgehead atoms. The van der Waals surface area contributed by atoms with E-state index in [-0.39, 0.29) is 24.6 Å². The van der Waals surface area contributed by atoms with Crippen LogP contribution in [0.2, 0.25) is 0 Å². The first kappa shape index (κ1) is 19.6. The second kappa shape index (κ2) is 9.08. The highest BCUT2D eigenvalue weighted by molar-refractivity contribution is 5.96. The van der Waals surface area contributed by atoms with Gasteiger partial charge in [0.1, 0.15) is 5.76 Å². The minimum Gasteiger partial charge on any atom is -0.467 e. The summed E-state index contributed by atoms with van der Waals surface area (Å²) < 4.78 is 10.5. The molecule has 6 nitrogen and oxygen atoms in total. The van der Waals surface area contributed by atoms with Crippen LogP contribution in [0.4, 0.5) is 5.69 Å². The Morgan fingerprint density at radius 3 is 2.38 bits per heavy atom. The number of hydrogen-bond donors (Lipinski definition) is 1. The summed E-state index contributed by atoms with van der Waals surface area (Å²) in [4.78, 5) is 26.5. The summed E-state index contributed by atoms with van der Waals surface area (Å²) >= 11 is 0. The van der Waals surface area contributed by atoms with Gasteiger partial charge in [-0.1, -0.05) is 12.1 Å². The minimum atomic E-state index is -0.534. The van der Waals surface area contributed by atoms with Crippen LogP contribution < -0.4 is 5.32 Å². The maximum atomic E-state index is 12.4. The van der Waals surface area contributed by atoms with E-state index in [0.29, 0.717) is 17.8 Å². The van der Waals surface area contributed by atoms with Crippen molar-refractivity contribution in [1.82, 2.24) is 4.90 Å². The third kappa shape index (κ3) is 5.12. The number of carbonyl (C=O) groups excluding carboxylic acids is 2. The zero-order valence-corrected chi connectivity index (χ0v) is 15.7. The maximum Gasteiger partial charge on any atom is 0.340 e. The zero-order chi connectivity index (χ0) is 19.1. The highest BCUT2D eigenvalue weighted by atomic mass is 16.5. The molecule has 6 heteroatoms. The van der Waals surface area contributed by atoms with E-state index in [4.69, 9.17) is 9.15 Å². The molecule has 1 aromatic heterocycles. The summed E-state index contributed by atoms with van der Waals surface area (Å²) in [5, 5.41) is 3.15. The van der Waals surface area contributed by atoms with Gasteiger partial charge in [0.05, 0.1) is 18.4 Å². The summed E-state index contributed by atoms with van der Waals surface area (Å²) in [5.74, 6) is 0.0191. The first-order valence-corrected chi connectivity index (χ1v) is 8.73. The third-order valence-electron chi connectivity index (χ3n) is 3.91. The van der Waals surface area contributed by atoms with Crippen LogP contribution in [0.25, 0.3) is 0 Å². The fourth-order valence-electron chi connectivity index (χ4n) is 2.86. The van der Waals surface area contributed by atoms with Gasteiger partial charge in [0.15, 0.2) is 6.61 Å². The summed E-state index contributed by atoms with van der Waals surface area (Å²) in [6.07, 6.45) is 1.60. The number of nitrogens with zero attached hydrogens (tertiary/aromatic N) is 1. The van der Waals surface area contributed by atoms with E-state index < -0.39 is 5.97 Å². The number of nitrogens with one attached hydrogen (secondary N) is 1. The van der Waals surface area contributed by atoms with Gasteiger partial charge in [0.25, 0.3) is 5.91 Å². The van der Waals surface area contributed by atoms with Crippen LogP contribution >= 0.6 is 0 Å². The van der Waals surface area contributed by atoms with Gasteiger partial charge in [0, 0.05) is 17.8 Å². The van der Waals surface area contributed by atoms with Crippen LogP contribution in [0.15, 0.2) is 47.1 Å². The van der Waals surface area contributed by atoms with Crippen molar-refractivity contribution < 1.29 is 18.7 Å². The van der Waals surface area contributed by atoms with Gasteiger partial charge in [-0.2, -0.15) is 0 Å². The van der Waals surface area contributed by atoms with Gasteiger partial charge < -0.3 is 19.4 Å². The molecule has 1 aromatic carbocycles. The molecule has 0 aliphatic heterocycles. The monoisotopic (exact) mass is 358 g/mol. The molecule has 0 unspecified atom stereocenters. The lowest BCUT2D eigenvalue weighted by atomic mass is 10.1. The van der Waals surface area contributed by atoms with Crippen LogP contribution in [0.3, 0.4) is 0 Å². The van der Waals surface area contributed by atoms with Crippen LogP contribution in [0, 0.1) is 0 Å². The Labute approximate surface area is 154 Å². The van der Waals surface area contributed by atoms with E-state index >= 15 is 0 Å². The lowest BCUT2D eigenvalue weighted by Gasteiger charge is -2.30. The van der Waals surface area contributed by atoms with Crippen molar-refractivity contribution in [2.45, 2.75) is 46.3 Å². The summed E-state index contributed by atoms with van der Waals surface area (Å²) in [6, 6.07) is 10.8. The molecule has 0 radical (unpaired) electrons. The number of carbonyl (C=O) groups is 2. The first-order valence-electron chi connectivity index (χ1n) is 8.73. The number of para-hydroxylation sites is 1. The number of amides is 1. The van der Waals surface area contributed by atoms with Crippen molar-refractivity contribution in [2.75, 3.05) is 11.9 Å². The molecule has 26 heavy (non-hydrogen) atoms. The van der Waals surface area contributed by atoms with Crippen LogP contribution in [-0.4, -0.2) is 35.5 Å². The summed E-state index contributed by atoms with van der Waals surface area (Å²) in [5.41, 5.74) is 1.01. The Morgan fingerprint density at radius 2 is 1.77 bits per heavy atom. The van der Waals surface area contributed by atoms with Crippen molar-refractivity contribution in [3.63, 3.8) is 0 Å². The lowest BCUT2D eigenvalue weighted by molar-refractivity contribution is -0.138. The molecule has 1 amide bonds. The van der Waals surface area contributed by atoms with Gasteiger partial charge in [0.2, 0.25) is 0 Å². The van der Waals surface area contributed by atoms with E-state index in [1.807, 2.05) is 39.8 Å². The Morgan fingerprint density at radius 1 is 1.08 bits per heavy atom. The molecule has 0 saturated heterocycles. The number of rotatable bonds is 8. The molecule has 1 heterocycles. The van der Waals surface area contributed by atoms with E-state index in [1.165, 1.54) is 0 Å². The van der Waals surface area contributed by atoms with Crippen LogP contribution in [-0.2, 0) is 16.1 Å². The molecule has 0 spiro atoms. The molecule has 140 valence electrons. The minimum absolute atomic E-state index is 0.0449. The number of esters is 1. The van der Waals surface area contributed by atoms with E-state index in [0.717, 1.165) is 5.76 Å². The standard InChI is InChI=1S/C20H26N2O4/c1-14(2)22(15(3)4)19(23)13-26-20(24)17-9-5-6-10-18(17)21-12-16-8-7-11-25-16/h5-11,14-15,21H,12-13H2,1-4H3. The number of anilines is 1. The zero-order valence-electron chi connectivity index (χ0n) is 15.7. The van der Waals surface area contributed by atoms with Gasteiger partial charge in [-0.3, -0.25) is 4.79 Å². The van der Waals surface area contributed by atoms with Crippen molar-refractivity contribution in [2.24, 2.45) is 0 Å². The predicted molar refractivity (Wildman–Crippen MR) is 99.9 cm³/mol. The Balaban J connectivity index is 2.00. The van der Waals surface area contributed by atoms with Gasteiger partial charge in [-0.05, 0) is 52.0 Å². The lowest BCUT2D eigenvalue weighted by Crippen LogP contribution is -2.44.